The lowest BCUT2D eigenvalue weighted by molar-refractivity contribution is 0.350. The monoisotopic (exact) mass is 218 g/mol. The summed E-state index contributed by atoms with van der Waals surface area (Å²) >= 11 is 0. The molecule has 2 N–H and O–H groups in total. The quantitative estimate of drug-likeness (QED) is 0.815. The standard InChI is InChI=1S/C12H18N4/c1-16-6-9-10(4-5-13)14-12(8-2-3-8)15-11(9)7-16/h8H,2-7,13H2,1H3. The summed E-state index contributed by atoms with van der Waals surface area (Å²) in [7, 11) is 2.13. The van der Waals surface area contributed by atoms with Crippen LogP contribution in [0.4, 0.5) is 0 Å². The number of aromatic nitrogens is 2. The first-order valence-corrected chi connectivity index (χ1v) is 6.05. The molecular formula is C12H18N4. The van der Waals surface area contributed by atoms with Crippen LogP contribution in [-0.2, 0) is 19.5 Å². The Hall–Kier alpha value is -1.00. The molecule has 0 saturated heterocycles. The van der Waals surface area contributed by atoms with E-state index in [4.69, 9.17) is 15.7 Å². The Morgan fingerprint density at radius 3 is 2.81 bits per heavy atom. The number of nitrogens with two attached hydrogens (primary N) is 1. The van der Waals surface area contributed by atoms with Crippen molar-refractivity contribution in [2.75, 3.05) is 13.6 Å². The lowest BCUT2D eigenvalue weighted by Gasteiger charge is -2.08. The molecule has 86 valence electrons. The predicted molar refractivity (Wildman–Crippen MR) is 61.9 cm³/mol. The SMILES string of the molecule is CN1Cc2nc(C3CC3)nc(CCN)c2C1. The van der Waals surface area contributed by atoms with Crippen LogP contribution in [0.2, 0.25) is 0 Å². The molecule has 1 fully saturated rings. The minimum Gasteiger partial charge on any atom is -0.330 e. The maximum absolute atomic E-state index is 5.66. The normalized spacial score (nSPS) is 20.1. The molecule has 0 atom stereocenters. The summed E-state index contributed by atoms with van der Waals surface area (Å²) in [5.74, 6) is 1.70. The lowest BCUT2D eigenvalue weighted by atomic mass is 10.1. The van der Waals surface area contributed by atoms with Crippen molar-refractivity contribution in [2.24, 2.45) is 5.73 Å². The van der Waals surface area contributed by atoms with Gasteiger partial charge in [0.2, 0.25) is 0 Å². The molecule has 0 aromatic carbocycles. The van der Waals surface area contributed by atoms with Gasteiger partial charge in [-0.2, -0.15) is 0 Å². The third-order valence-electron chi connectivity index (χ3n) is 3.37. The van der Waals surface area contributed by atoms with E-state index < -0.39 is 0 Å². The summed E-state index contributed by atoms with van der Waals surface area (Å²) in [5, 5.41) is 0. The van der Waals surface area contributed by atoms with Gasteiger partial charge in [-0.15, -0.1) is 0 Å². The number of hydrogen-bond donors (Lipinski definition) is 1. The van der Waals surface area contributed by atoms with Gasteiger partial charge in [0.1, 0.15) is 5.82 Å². The molecule has 3 rings (SSSR count). The van der Waals surface area contributed by atoms with E-state index in [1.165, 1.54) is 29.8 Å². The van der Waals surface area contributed by atoms with Gasteiger partial charge in [0.05, 0.1) is 11.4 Å². The van der Waals surface area contributed by atoms with Crippen molar-refractivity contribution in [1.29, 1.82) is 0 Å². The van der Waals surface area contributed by atoms with Crippen LogP contribution < -0.4 is 5.73 Å². The number of rotatable bonds is 3. The second-order valence-electron chi connectivity index (χ2n) is 4.94. The summed E-state index contributed by atoms with van der Waals surface area (Å²) in [5.41, 5.74) is 9.42. The molecule has 0 bridgehead atoms. The summed E-state index contributed by atoms with van der Waals surface area (Å²) in [6, 6.07) is 0. The van der Waals surface area contributed by atoms with E-state index in [-0.39, 0.29) is 0 Å². The molecule has 16 heavy (non-hydrogen) atoms. The lowest BCUT2D eigenvalue weighted by Crippen LogP contribution is -2.11. The average molecular weight is 218 g/mol. The molecule has 1 aromatic heterocycles. The van der Waals surface area contributed by atoms with Gasteiger partial charge in [-0.05, 0) is 26.4 Å². The smallest absolute Gasteiger partial charge is 0.132 e. The highest BCUT2D eigenvalue weighted by atomic mass is 15.1. The van der Waals surface area contributed by atoms with Crippen LogP contribution in [0.15, 0.2) is 0 Å². The maximum Gasteiger partial charge on any atom is 0.132 e. The van der Waals surface area contributed by atoms with E-state index in [1.807, 2.05) is 0 Å². The summed E-state index contributed by atoms with van der Waals surface area (Å²) in [4.78, 5) is 11.7. The predicted octanol–water partition coefficient (Wildman–Crippen LogP) is 0.801. The van der Waals surface area contributed by atoms with E-state index in [2.05, 4.69) is 11.9 Å². The fourth-order valence-corrected chi connectivity index (χ4v) is 2.37. The molecular weight excluding hydrogens is 200 g/mol. The van der Waals surface area contributed by atoms with Gasteiger partial charge in [0.15, 0.2) is 0 Å². The minimum atomic E-state index is 0.632. The number of fused-ring (bicyclic) bond motifs is 1. The van der Waals surface area contributed by atoms with Crippen LogP contribution in [-0.4, -0.2) is 28.5 Å². The van der Waals surface area contributed by atoms with E-state index in [1.54, 1.807) is 0 Å². The van der Waals surface area contributed by atoms with Gasteiger partial charge < -0.3 is 5.73 Å². The van der Waals surface area contributed by atoms with E-state index in [9.17, 15) is 0 Å². The molecule has 1 aliphatic heterocycles. The maximum atomic E-state index is 5.66. The van der Waals surface area contributed by atoms with Gasteiger partial charge in [-0.25, -0.2) is 9.97 Å². The van der Waals surface area contributed by atoms with Crippen molar-refractivity contribution in [1.82, 2.24) is 14.9 Å². The zero-order chi connectivity index (χ0) is 11.1. The molecule has 4 nitrogen and oxygen atoms in total. The summed E-state index contributed by atoms with van der Waals surface area (Å²) in [6.07, 6.45) is 3.41. The highest BCUT2D eigenvalue weighted by molar-refractivity contribution is 5.31. The van der Waals surface area contributed by atoms with Crippen LogP contribution in [0, 0.1) is 0 Å². The molecule has 1 saturated carbocycles. The van der Waals surface area contributed by atoms with Gasteiger partial charge in [-0.1, -0.05) is 0 Å². The van der Waals surface area contributed by atoms with Gasteiger partial charge in [0, 0.05) is 31.0 Å². The van der Waals surface area contributed by atoms with Crippen molar-refractivity contribution in [3.63, 3.8) is 0 Å². The summed E-state index contributed by atoms with van der Waals surface area (Å²) < 4.78 is 0. The first kappa shape index (κ1) is 10.2. The van der Waals surface area contributed by atoms with Crippen LogP contribution in [0.25, 0.3) is 0 Å². The number of nitrogens with zero attached hydrogens (tertiary/aromatic N) is 3. The first-order chi connectivity index (χ1) is 7.78. The molecule has 0 spiro atoms. The van der Waals surface area contributed by atoms with E-state index >= 15 is 0 Å². The van der Waals surface area contributed by atoms with Gasteiger partial charge in [-0.3, -0.25) is 4.90 Å². The Kier molecular flexibility index (Phi) is 2.41. The Morgan fingerprint density at radius 2 is 2.12 bits per heavy atom. The fourth-order valence-electron chi connectivity index (χ4n) is 2.37. The van der Waals surface area contributed by atoms with Gasteiger partial charge >= 0.3 is 0 Å². The molecule has 4 heteroatoms. The van der Waals surface area contributed by atoms with Crippen molar-refractivity contribution in [3.05, 3.63) is 22.8 Å². The van der Waals surface area contributed by atoms with Gasteiger partial charge in [0.25, 0.3) is 0 Å². The van der Waals surface area contributed by atoms with Crippen molar-refractivity contribution < 1.29 is 0 Å². The van der Waals surface area contributed by atoms with Crippen LogP contribution in [0.5, 0.6) is 0 Å². The molecule has 0 radical (unpaired) electrons. The number of hydrogen-bond acceptors (Lipinski definition) is 4. The van der Waals surface area contributed by atoms with E-state index in [0.29, 0.717) is 12.5 Å². The Bertz CT molecular complexity index is 412. The first-order valence-electron chi connectivity index (χ1n) is 6.05. The Morgan fingerprint density at radius 1 is 1.31 bits per heavy atom. The highest BCUT2D eigenvalue weighted by Crippen LogP contribution is 2.39. The van der Waals surface area contributed by atoms with Crippen LogP contribution >= 0.6 is 0 Å². The largest absolute Gasteiger partial charge is 0.330 e. The summed E-state index contributed by atoms with van der Waals surface area (Å²) in [6.45, 7) is 2.63. The second kappa shape index (κ2) is 3.79. The third-order valence-corrected chi connectivity index (χ3v) is 3.37. The average Bonchev–Trinajstić information content (AvgIpc) is 3.01. The Balaban J connectivity index is 2.01. The molecule has 2 aliphatic rings. The van der Waals surface area contributed by atoms with Crippen LogP contribution in [0.3, 0.4) is 0 Å². The zero-order valence-electron chi connectivity index (χ0n) is 9.74. The molecule has 0 unspecified atom stereocenters. The Labute approximate surface area is 95.9 Å². The van der Waals surface area contributed by atoms with Crippen LogP contribution in [0.1, 0.15) is 41.5 Å². The highest BCUT2D eigenvalue weighted by Gasteiger charge is 2.30. The molecule has 0 amide bonds. The van der Waals surface area contributed by atoms with Crippen molar-refractivity contribution >= 4 is 0 Å². The second-order valence-corrected chi connectivity index (χ2v) is 4.94. The van der Waals surface area contributed by atoms with E-state index in [0.717, 1.165) is 25.3 Å². The topological polar surface area (TPSA) is 55.0 Å². The van der Waals surface area contributed by atoms with Crippen molar-refractivity contribution in [2.45, 2.75) is 38.3 Å². The zero-order valence-corrected chi connectivity index (χ0v) is 9.74. The molecule has 2 heterocycles. The minimum absolute atomic E-state index is 0.632. The fraction of sp³-hybridized carbons (Fsp3) is 0.667. The molecule has 1 aromatic rings. The molecule has 1 aliphatic carbocycles. The van der Waals surface area contributed by atoms with Crippen molar-refractivity contribution in [3.8, 4) is 0 Å². The third kappa shape index (κ3) is 1.72.